The van der Waals surface area contributed by atoms with Gasteiger partial charge in [-0.25, -0.2) is 9.48 Å². The van der Waals surface area contributed by atoms with Crippen molar-refractivity contribution in [3.8, 4) is 11.1 Å². The summed E-state index contributed by atoms with van der Waals surface area (Å²) in [4.78, 5) is 34.9. The Balaban J connectivity index is 1.28. The number of alkyl carbamates (subject to hydrolysis) is 1. The zero-order valence-corrected chi connectivity index (χ0v) is 17.9. The summed E-state index contributed by atoms with van der Waals surface area (Å²) in [7, 11) is 0. The molecule has 1 aliphatic rings. The lowest BCUT2D eigenvalue weighted by Gasteiger charge is -2.14. The van der Waals surface area contributed by atoms with Crippen LogP contribution in [0.5, 0.6) is 0 Å². The van der Waals surface area contributed by atoms with Gasteiger partial charge >= 0.3 is 12.1 Å². The molecule has 0 bridgehead atoms. The normalized spacial score (nSPS) is 13.0. The van der Waals surface area contributed by atoms with E-state index in [9.17, 15) is 14.4 Å². The van der Waals surface area contributed by atoms with E-state index in [0.29, 0.717) is 5.69 Å². The Labute approximate surface area is 189 Å². The lowest BCUT2D eigenvalue weighted by atomic mass is 9.98. The van der Waals surface area contributed by atoms with E-state index in [2.05, 4.69) is 33.1 Å². The highest BCUT2D eigenvalue weighted by atomic mass is 16.5. The molecule has 33 heavy (non-hydrogen) atoms. The largest absolute Gasteiger partial charge is 0.480 e. The number of aliphatic carboxylic acids is 1. The first-order valence-electron chi connectivity index (χ1n) is 10.4. The van der Waals surface area contributed by atoms with E-state index in [4.69, 9.17) is 9.84 Å². The third-order valence-corrected chi connectivity index (χ3v) is 5.40. The Morgan fingerprint density at radius 2 is 1.73 bits per heavy atom. The molecule has 0 aliphatic heterocycles. The SMILES string of the molecule is C[C@H](NC(=O)Cn1cc(CNC(=O)OCC2c3ccccc3-c3ccccc32)nn1)C(=O)O. The smallest absolute Gasteiger partial charge is 0.407 e. The lowest BCUT2D eigenvalue weighted by molar-refractivity contribution is -0.141. The Morgan fingerprint density at radius 1 is 1.09 bits per heavy atom. The average molecular weight is 449 g/mol. The quantitative estimate of drug-likeness (QED) is 0.478. The first kappa shape index (κ1) is 22.0. The van der Waals surface area contributed by atoms with E-state index in [1.807, 2.05) is 36.4 Å². The molecule has 10 nitrogen and oxygen atoms in total. The maximum atomic E-state index is 12.3. The standard InChI is InChI=1S/C23H23N5O5/c1-14(22(30)31)25-21(29)12-28-11-15(26-27-28)10-24-23(32)33-13-20-18-8-4-2-6-16(18)17-7-3-5-9-19(17)20/h2-9,11,14,20H,10,12-13H2,1H3,(H,24,32)(H,25,29)(H,30,31)/t14-/m0/s1. The first-order chi connectivity index (χ1) is 15.9. The van der Waals surface area contributed by atoms with Gasteiger partial charge in [0, 0.05) is 5.92 Å². The van der Waals surface area contributed by atoms with Gasteiger partial charge in [0.05, 0.1) is 12.7 Å². The van der Waals surface area contributed by atoms with E-state index in [-0.39, 0.29) is 25.6 Å². The molecule has 0 saturated heterocycles. The van der Waals surface area contributed by atoms with E-state index in [1.165, 1.54) is 17.8 Å². The molecule has 1 atom stereocenters. The zero-order chi connectivity index (χ0) is 23.4. The van der Waals surface area contributed by atoms with Crippen molar-refractivity contribution in [1.82, 2.24) is 25.6 Å². The third kappa shape index (κ3) is 5.00. The second kappa shape index (κ2) is 9.51. The highest BCUT2D eigenvalue weighted by Crippen LogP contribution is 2.44. The van der Waals surface area contributed by atoms with Crippen molar-refractivity contribution in [1.29, 1.82) is 0 Å². The van der Waals surface area contributed by atoms with Crippen molar-refractivity contribution in [2.75, 3.05) is 6.61 Å². The Bertz CT molecular complexity index is 1150. The van der Waals surface area contributed by atoms with Gasteiger partial charge in [-0.3, -0.25) is 9.59 Å². The van der Waals surface area contributed by atoms with Crippen LogP contribution in [0.3, 0.4) is 0 Å². The molecular formula is C23H23N5O5. The number of fused-ring (bicyclic) bond motifs is 3. The number of nitrogens with zero attached hydrogens (tertiary/aromatic N) is 3. The van der Waals surface area contributed by atoms with Gasteiger partial charge in [0.2, 0.25) is 5.91 Å². The summed E-state index contributed by atoms with van der Waals surface area (Å²) < 4.78 is 6.74. The molecule has 1 aromatic heterocycles. The molecule has 3 N–H and O–H groups in total. The number of carboxylic acids is 1. The molecule has 170 valence electrons. The minimum Gasteiger partial charge on any atom is -0.480 e. The number of benzene rings is 2. The predicted octanol–water partition coefficient (Wildman–Crippen LogP) is 1.91. The van der Waals surface area contributed by atoms with Crippen molar-refractivity contribution < 1.29 is 24.2 Å². The van der Waals surface area contributed by atoms with Crippen LogP contribution in [-0.4, -0.2) is 50.7 Å². The van der Waals surface area contributed by atoms with Gasteiger partial charge in [-0.05, 0) is 29.2 Å². The molecule has 2 aromatic carbocycles. The van der Waals surface area contributed by atoms with Crippen molar-refractivity contribution in [3.05, 3.63) is 71.5 Å². The molecule has 1 aliphatic carbocycles. The summed E-state index contributed by atoms with van der Waals surface area (Å²) in [6.07, 6.45) is 0.911. The fourth-order valence-corrected chi connectivity index (χ4v) is 3.80. The molecule has 10 heteroatoms. The van der Waals surface area contributed by atoms with Gasteiger partial charge in [0.1, 0.15) is 24.9 Å². The zero-order valence-electron chi connectivity index (χ0n) is 17.9. The summed E-state index contributed by atoms with van der Waals surface area (Å²) in [5.74, 6) is -1.67. The topological polar surface area (TPSA) is 135 Å². The minimum atomic E-state index is -1.13. The van der Waals surface area contributed by atoms with E-state index in [1.54, 1.807) is 0 Å². The van der Waals surface area contributed by atoms with Gasteiger partial charge in [0.15, 0.2) is 0 Å². The molecule has 0 unspecified atom stereocenters. The van der Waals surface area contributed by atoms with Crippen LogP contribution in [0.2, 0.25) is 0 Å². The second-order valence-electron chi connectivity index (χ2n) is 7.71. The minimum absolute atomic E-state index is 0.0317. The lowest BCUT2D eigenvalue weighted by Crippen LogP contribution is -2.40. The molecule has 4 rings (SSSR count). The third-order valence-electron chi connectivity index (χ3n) is 5.40. The van der Waals surface area contributed by atoms with Crippen molar-refractivity contribution in [3.63, 3.8) is 0 Å². The predicted molar refractivity (Wildman–Crippen MR) is 117 cm³/mol. The fourth-order valence-electron chi connectivity index (χ4n) is 3.80. The van der Waals surface area contributed by atoms with Gasteiger partial charge < -0.3 is 20.5 Å². The van der Waals surface area contributed by atoms with E-state index < -0.39 is 24.0 Å². The van der Waals surface area contributed by atoms with E-state index in [0.717, 1.165) is 22.3 Å². The maximum absolute atomic E-state index is 12.3. The van der Waals surface area contributed by atoms with Crippen LogP contribution in [0.1, 0.15) is 29.7 Å². The number of rotatable bonds is 8. The Morgan fingerprint density at radius 3 is 2.36 bits per heavy atom. The average Bonchev–Trinajstić information content (AvgIpc) is 3.38. The first-order valence-corrected chi connectivity index (χ1v) is 10.4. The number of nitrogens with one attached hydrogen (secondary N) is 2. The van der Waals surface area contributed by atoms with Crippen LogP contribution in [0.25, 0.3) is 11.1 Å². The number of hydrogen-bond donors (Lipinski definition) is 3. The Hall–Kier alpha value is -4.21. The summed E-state index contributed by atoms with van der Waals surface area (Å²) >= 11 is 0. The van der Waals surface area contributed by atoms with Crippen LogP contribution >= 0.6 is 0 Å². The highest BCUT2D eigenvalue weighted by molar-refractivity contribution is 5.83. The second-order valence-corrected chi connectivity index (χ2v) is 7.71. The summed E-state index contributed by atoms with van der Waals surface area (Å²) in [6.45, 7) is 1.46. The van der Waals surface area contributed by atoms with Crippen LogP contribution in [0.15, 0.2) is 54.7 Å². The number of aromatic nitrogens is 3. The fraction of sp³-hybridized carbons (Fsp3) is 0.261. The summed E-state index contributed by atoms with van der Waals surface area (Å²) in [5, 5.41) is 21.5. The van der Waals surface area contributed by atoms with Crippen LogP contribution in [-0.2, 0) is 27.4 Å². The van der Waals surface area contributed by atoms with Crippen LogP contribution in [0.4, 0.5) is 4.79 Å². The van der Waals surface area contributed by atoms with Gasteiger partial charge in [0.25, 0.3) is 0 Å². The highest BCUT2D eigenvalue weighted by Gasteiger charge is 2.29. The van der Waals surface area contributed by atoms with E-state index >= 15 is 0 Å². The molecule has 2 amide bonds. The monoisotopic (exact) mass is 449 g/mol. The number of carboxylic acid groups (broad SMARTS) is 1. The summed E-state index contributed by atoms with van der Waals surface area (Å²) in [6, 6.07) is 15.2. The number of ether oxygens (including phenoxy) is 1. The number of carbonyl (C=O) groups excluding carboxylic acids is 2. The number of carbonyl (C=O) groups is 3. The van der Waals surface area contributed by atoms with Crippen LogP contribution < -0.4 is 10.6 Å². The van der Waals surface area contributed by atoms with Crippen molar-refractivity contribution >= 4 is 18.0 Å². The molecule has 0 radical (unpaired) electrons. The summed E-state index contributed by atoms with van der Waals surface area (Å²) in [5.41, 5.74) is 5.00. The van der Waals surface area contributed by atoms with Gasteiger partial charge in [-0.15, -0.1) is 5.10 Å². The van der Waals surface area contributed by atoms with Crippen molar-refractivity contribution in [2.24, 2.45) is 0 Å². The van der Waals surface area contributed by atoms with Gasteiger partial charge in [-0.1, -0.05) is 53.7 Å². The molecule has 0 saturated carbocycles. The molecule has 3 aromatic rings. The molecule has 0 spiro atoms. The van der Waals surface area contributed by atoms with Crippen molar-refractivity contribution in [2.45, 2.75) is 32.0 Å². The number of hydrogen-bond acceptors (Lipinski definition) is 6. The molecule has 1 heterocycles. The van der Waals surface area contributed by atoms with Gasteiger partial charge in [-0.2, -0.15) is 0 Å². The van der Waals surface area contributed by atoms with Crippen LogP contribution in [0, 0.1) is 0 Å². The Kier molecular flexibility index (Phi) is 6.34. The maximum Gasteiger partial charge on any atom is 0.407 e. The molecule has 0 fully saturated rings. The number of amides is 2. The molecular weight excluding hydrogens is 426 g/mol.